The molecule has 564 valence electrons. The normalized spacial score (nSPS) is 11.0. The number of rotatable bonds is 56. The molecule has 0 amide bonds. The van der Waals surface area contributed by atoms with Crippen LogP contribution in [-0.4, -0.2) is 68.2 Å². The van der Waals surface area contributed by atoms with E-state index in [1.807, 2.05) is 0 Å². The van der Waals surface area contributed by atoms with Crippen LogP contribution in [-0.2, 0) is 103 Å². The Hall–Kier alpha value is -1.28. The molecule has 0 aliphatic rings. The molecule has 0 unspecified atom stereocenters. The number of halogens is 8. The minimum Gasteiger partial charge on any atom is -1.00 e. The third kappa shape index (κ3) is 43.5. The van der Waals surface area contributed by atoms with Gasteiger partial charge in [0, 0.05) is 120 Å². The highest BCUT2D eigenvalue weighted by atomic mass is 79.9. The number of hydrogen-bond donors (Lipinski definition) is 4. The fraction of sp³-hybridized carbons (Fsp3) is 0.619. The third-order valence-electron chi connectivity index (χ3n) is 19.0. The summed E-state index contributed by atoms with van der Waals surface area (Å²) in [5, 5.41) is 41.8. The lowest BCUT2D eigenvalue weighted by atomic mass is 9.88. The number of aromatic nitrogens is 4. The summed E-state index contributed by atoms with van der Waals surface area (Å²) in [6.07, 6.45) is 64.5. The first-order valence-corrected chi connectivity index (χ1v) is 42.7. The van der Waals surface area contributed by atoms with E-state index >= 15 is 0 Å². The van der Waals surface area contributed by atoms with Crippen molar-refractivity contribution in [3.8, 4) is 0 Å². The molecular weight excluding hydrogens is 1770 g/mol. The highest BCUT2D eigenvalue weighted by molar-refractivity contribution is 9.09. The molecule has 0 saturated carbocycles. The van der Waals surface area contributed by atoms with Crippen LogP contribution in [0.15, 0.2) is 122 Å². The van der Waals surface area contributed by atoms with Gasteiger partial charge in [-0.2, -0.15) is 0 Å². The lowest BCUT2D eigenvalue weighted by Gasteiger charge is -2.17. The average molecular weight is 1900 g/mol. The number of alkyl halides is 4. The molecule has 0 radical (unpaired) electrons. The van der Waals surface area contributed by atoms with Crippen molar-refractivity contribution in [2.45, 2.75) is 283 Å². The molecule has 0 aliphatic heterocycles. The molecule has 0 atom stereocenters. The number of hydrogen-bond acceptors (Lipinski definition) is 4. The Morgan fingerprint density at radius 2 is 0.400 bits per heavy atom. The zero-order valence-corrected chi connectivity index (χ0v) is 73.6. The molecule has 0 saturated heterocycles. The summed E-state index contributed by atoms with van der Waals surface area (Å²) in [5.74, 6) is 0. The van der Waals surface area contributed by atoms with Gasteiger partial charge in [0.2, 0.25) is 0 Å². The van der Waals surface area contributed by atoms with Gasteiger partial charge in [-0.15, -0.1) is 0 Å². The van der Waals surface area contributed by atoms with E-state index in [0.29, 0.717) is 0 Å². The van der Waals surface area contributed by atoms with Crippen molar-refractivity contribution in [2.24, 2.45) is 0 Å². The van der Waals surface area contributed by atoms with Crippen LogP contribution < -0.4 is 86.2 Å². The van der Waals surface area contributed by atoms with Crippen LogP contribution in [0.3, 0.4) is 0 Å². The van der Waals surface area contributed by atoms with Crippen LogP contribution in [0.25, 0.3) is 0 Å². The minimum absolute atomic E-state index is 0. The number of pyridine rings is 4. The van der Waals surface area contributed by atoms with Gasteiger partial charge in [-0.3, -0.25) is 0 Å². The molecule has 100 heavy (non-hydrogen) atoms. The molecule has 0 aliphatic carbocycles. The zero-order chi connectivity index (χ0) is 68.1. The van der Waals surface area contributed by atoms with Crippen molar-refractivity contribution in [1.29, 1.82) is 0 Å². The highest BCUT2D eigenvalue weighted by Crippen LogP contribution is 2.28. The summed E-state index contributed by atoms with van der Waals surface area (Å²) in [5.41, 5.74) is 18.1. The summed E-state index contributed by atoms with van der Waals surface area (Å²) in [4.78, 5) is 0. The van der Waals surface area contributed by atoms with E-state index in [4.69, 9.17) is 0 Å². The van der Waals surface area contributed by atoms with Crippen LogP contribution in [0.2, 0.25) is 0 Å². The predicted octanol–water partition coefficient (Wildman–Crippen LogP) is 6.32. The van der Waals surface area contributed by atoms with E-state index in [1.165, 1.54) is 202 Å². The molecule has 16 heteroatoms. The Bertz CT molecular complexity index is 2560. The van der Waals surface area contributed by atoms with Crippen molar-refractivity contribution in [1.82, 2.24) is 0 Å². The maximum absolute atomic E-state index is 9.31. The maximum Gasteiger partial charge on any atom is 0.171 e. The van der Waals surface area contributed by atoms with E-state index in [9.17, 15) is 20.4 Å². The molecule has 6 rings (SSSR count). The van der Waals surface area contributed by atoms with Crippen molar-refractivity contribution in [3.05, 3.63) is 189 Å². The van der Waals surface area contributed by atoms with Crippen molar-refractivity contribution in [3.63, 3.8) is 0 Å². The van der Waals surface area contributed by atoms with Gasteiger partial charge in [-0.25, -0.2) is 18.3 Å². The summed E-state index contributed by atoms with van der Waals surface area (Å²) in [6.45, 7) is 5.09. The Morgan fingerprint density at radius 3 is 0.570 bits per heavy atom. The van der Waals surface area contributed by atoms with E-state index in [2.05, 4.69) is 204 Å². The first kappa shape index (κ1) is 96.7. The Morgan fingerprint density at radius 1 is 0.220 bits per heavy atom. The Balaban J connectivity index is 0.00000124. The number of unbranched alkanes of at least 4 members (excludes halogenated alkanes) is 16. The van der Waals surface area contributed by atoms with Crippen LogP contribution in [0.5, 0.6) is 0 Å². The summed E-state index contributed by atoms with van der Waals surface area (Å²) in [7, 11) is 0. The number of nitrogens with zero attached hydrogens (tertiary/aromatic N) is 4. The van der Waals surface area contributed by atoms with Gasteiger partial charge in [-0.05, 0) is 274 Å². The SMILES string of the molecule is BrCCCCCc1cc(CCCCCBr)c(CCCCCBr)cc1CCCCCBr.OCCCc1ccc[n+](CCCCCc2cc(CCCCC[n+]3cccc(CCCO)c3)c(CCCCC[n+]3cccc(CCCO)c3)cc2CCCCC[n+]2cccc(CCCO)c2)c1.[Br-].[Br-].[Br-].[Br-]. The van der Waals surface area contributed by atoms with Gasteiger partial charge in [-0.1, -0.05) is 114 Å². The van der Waals surface area contributed by atoms with E-state index < -0.39 is 0 Å². The highest BCUT2D eigenvalue weighted by Gasteiger charge is 2.16. The van der Waals surface area contributed by atoms with Crippen molar-refractivity contribution < 1.29 is 107 Å². The van der Waals surface area contributed by atoms with Gasteiger partial charge < -0.3 is 88.4 Å². The minimum atomic E-state index is 0. The standard InChI is InChI=1S/C58H86N4O4.C26H42Br4.4BrH/c63-41-17-25-51-21-13-37-59(47-51)33-9-1-5-29-55-45-57(31-7-3-11-35-61-39-15-23-53(49-61)27-19-43-65)58(32-8-4-12-36-62-40-16-24-54(50-62)28-20-44-66)46-56(55)30-6-2-10-34-60-38-14-22-52(48-60)26-18-42-64;27-17-9-1-5-13-23-21-25(15-7-3-11-19-29)26(16-8-4-12-20-30)22-24(23)14-6-2-10-18-28;;;;/h13-16,21-24,37-40,45-50,63-66H,1-12,17-20,25-36,41-44H2;21-22H,1-20H2;4*1H/q+4;;;;;/p-4. The monoisotopic (exact) mass is 1890 g/mol. The lowest BCUT2D eigenvalue weighted by molar-refractivity contribution is -0.697. The van der Waals surface area contributed by atoms with E-state index in [1.54, 1.807) is 44.5 Å². The maximum atomic E-state index is 9.31. The van der Waals surface area contributed by atoms with Crippen molar-refractivity contribution in [2.75, 3.05) is 47.7 Å². The van der Waals surface area contributed by atoms with Crippen LogP contribution in [0.4, 0.5) is 0 Å². The third-order valence-corrected chi connectivity index (χ3v) is 21.2. The number of aliphatic hydroxyl groups is 4. The van der Waals surface area contributed by atoms with E-state index in [-0.39, 0.29) is 94.4 Å². The predicted molar refractivity (Wildman–Crippen MR) is 417 cm³/mol. The van der Waals surface area contributed by atoms with E-state index in [0.717, 1.165) is 125 Å². The molecule has 0 bridgehead atoms. The summed E-state index contributed by atoms with van der Waals surface area (Å²) in [6, 6.07) is 27.8. The second-order valence-corrected chi connectivity index (χ2v) is 30.3. The molecule has 8 nitrogen and oxygen atoms in total. The van der Waals surface area contributed by atoms with Crippen LogP contribution in [0.1, 0.15) is 247 Å². The van der Waals surface area contributed by atoms with Gasteiger partial charge >= 0.3 is 0 Å². The number of aliphatic hydroxyl groups excluding tert-OH is 4. The van der Waals surface area contributed by atoms with Gasteiger partial charge in [0.15, 0.2) is 49.6 Å². The molecule has 4 N–H and O–H groups in total. The second-order valence-electron chi connectivity index (χ2n) is 27.1. The topological polar surface area (TPSA) is 96.4 Å². The molecule has 0 fully saturated rings. The molecule has 4 aromatic heterocycles. The quantitative estimate of drug-likeness (QED) is 0.0205. The van der Waals surface area contributed by atoms with Crippen LogP contribution in [0, 0.1) is 0 Å². The summed E-state index contributed by atoms with van der Waals surface area (Å²) >= 11 is 14.3. The molecule has 4 heterocycles. The van der Waals surface area contributed by atoms with Gasteiger partial charge in [0.05, 0.1) is 0 Å². The van der Waals surface area contributed by atoms with Crippen molar-refractivity contribution >= 4 is 63.7 Å². The fourth-order valence-corrected chi connectivity index (χ4v) is 15.1. The first-order chi connectivity index (χ1) is 47.3. The molecular formula is C84H128Br8N4O4. The lowest BCUT2D eigenvalue weighted by Crippen LogP contribution is -3.00. The second kappa shape index (κ2) is 64.9. The molecule has 6 aromatic rings. The summed E-state index contributed by atoms with van der Waals surface area (Å²) < 4.78 is 9.32. The fourth-order valence-electron chi connectivity index (χ4n) is 13.5. The average Bonchev–Trinajstić information content (AvgIpc) is 0.837. The largest absolute Gasteiger partial charge is 1.00 e. The molecule has 2 aromatic carbocycles. The number of benzene rings is 2. The Labute approximate surface area is 683 Å². The molecule has 0 spiro atoms. The Kier molecular flexibility index (Phi) is 62.7. The van der Waals surface area contributed by atoms with Gasteiger partial charge in [0.1, 0.15) is 26.2 Å². The van der Waals surface area contributed by atoms with Gasteiger partial charge in [0.25, 0.3) is 0 Å². The zero-order valence-electron chi connectivity index (χ0n) is 60.9. The smallest absolute Gasteiger partial charge is 0.171 e. The first-order valence-electron chi connectivity index (χ1n) is 38.2. The number of aryl methyl sites for hydroxylation is 16. The van der Waals surface area contributed by atoms with Crippen LogP contribution >= 0.6 is 63.7 Å².